The lowest BCUT2D eigenvalue weighted by Crippen LogP contribution is -2.40. The van der Waals surface area contributed by atoms with Crippen molar-refractivity contribution in [1.82, 2.24) is 5.32 Å². The summed E-state index contributed by atoms with van der Waals surface area (Å²) in [5.74, 6) is -0.829. The normalized spacial score (nSPS) is 16.2. The minimum absolute atomic E-state index is 0.0660. The third-order valence-electron chi connectivity index (χ3n) is 3.00. The number of carbonyl (C=O) groups is 1. The molecule has 0 amide bonds. The molecule has 0 aliphatic carbocycles. The van der Waals surface area contributed by atoms with E-state index in [0.717, 1.165) is 11.3 Å². The number of thiophene rings is 1. The third-order valence-corrected chi connectivity index (χ3v) is 3.94. The van der Waals surface area contributed by atoms with Gasteiger partial charge in [0.2, 0.25) is 0 Å². The Morgan fingerprint density at radius 3 is 2.78 bits per heavy atom. The summed E-state index contributed by atoms with van der Waals surface area (Å²) in [6.07, 6.45) is 0.800. The summed E-state index contributed by atoms with van der Waals surface area (Å²) in [5, 5.41) is 24.3. The number of hydrogen-bond acceptors (Lipinski definition) is 4. The number of aliphatic hydroxyl groups excluding tert-OH is 1. The Bertz CT molecular complexity index is 353. The molecule has 3 atom stereocenters. The molecule has 1 aromatic heterocycles. The van der Waals surface area contributed by atoms with Gasteiger partial charge in [-0.3, -0.25) is 4.79 Å². The van der Waals surface area contributed by atoms with Crippen LogP contribution in [0.1, 0.15) is 44.1 Å². The van der Waals surface area contributed by atoms with Crippen molar-refractivity contribution < 1.29 is 15.0 Å². The largest absolute Gasteiger partial charge is 0.481 e. The van der Waals surface area contributed by atoms with Gasteiger partial charge >= 0.3 is 5.97 Å². The Hall–Kier alpha value is -0.910. The van der Waals surface area contributed by atoms with Gasteiger partial charge in [0.25, 0.3) is 0 Å². The van der Waals surface area contributed by atoms with Crippen molar-refractivity contribution >= 4 is 17.3 Å². The molecule has 0 saturated carbocycles. The molecule has 0 bridgehead atoms. The quantitative estimate of drug-likeness (QED) is 0.679. The maximum atomic E-state index is 10.7. The first kappa shape index (κ1) is 15.1. The van der Waals surface area contributed by atoms with Gasteiger partial charge in [0.1, 0.15) is 6.10 Å². The fourth-order valence-corrected chi connectivity index (χ4v) is 2.53. The second-order valence-corrected chi connectivity index (χ2v) is 5.45. The van der Waals surface area contributed by atoms with Gasteiger partial charge in [0, 0.05) is 23.4 Å². The summed E-state index contributed by atoms with van der Waals surface area (Å²) in [7, 11) is 0. The number of carboxylic acid groups (broad SMARTS) is 1. The number of hydrogen-bond donors (Lipinski definition) is 3. The monoisotopic (exact) mass is 271 g/mol. The molecule has 0 radical (unpaired) electrons. The molecule has 3 unspecified atom stereocenters. The maximum absolute atomic E-state index is 10.7. The van der Waals surface area contributed by atoms with E-state index in [1.807, 2.05) is 24.4 Å². The second kappa shape index (κ2) is 7.51. The van der Waals surface area contributed by atoms with Crippen molar-refractivity contribution in [2.45, 2.75) is 51.3 Å². The highest BCUT2D eigenvalue weighted by Crippen LogP contribution is 2.24. The standard InChI is InChI=1S/C13H21NO3S/c1-3-9(2)14-10(6-7-12(15)16)13(17)11-5-4-8-18-11/h4-5,8-10,13-14,17H,3,6-7H2,1-2H3,(H,15,16). The molecule has 0 aliphatic heterocycles. The van der Waals surface area contributed by atoms with Gasteiger partial charge in [-0.25, -0.2) is 0 Å². The number of nitrogens with one attached hydrogen (secondary N) is 1. The smallest absolute Gasteiger partial charge is 0.303 e. The third kappa shape index (κ3) is 4.76. The average molecular weight is 271 g/mol. The Labute approximate surface area is 112 Å². The Balaban J connectivity index is 2.66. The van der Waals surface area contributed by atoms with Gasteiger partial charge in [0.15, 0.2) is 0 Å². The number of aliphatic hydroxyl groups is 1. The second-order valence-electron chi connectivity index (χ2n) is 4.48. The zero-order valence-electron chi connectivity index (χ0n) is 10.8. The van der Waals surface area contributed by atoms with E-state index in [-0.39, 0.29) is 18.5 Å². The topological polar surface area (TPSA) is 69.6 Å². The van der Waals surface area contributed by atoms with Crippen LogP contribution < -0.4 is 5.32 Å². The highest BCUT2D eigenvalue weighted by molar-refractivity contribution is 7.10. The molecule has 0 aromatic carbocycles. The van der Waals surface area contributed by atoms with Crippen LogP contribution >= 0.6 is 11.3 Å². The first-order chi connectivity index (χ1) is 8.54. The molecule has 0 spiro atoms. The lowest BCUT2D eigenvalue weighted by atomic mass is 10.0. The highest BCUT2D eigenvalue weighted by atomic mass is 32.1. The van der Waals surface area contributed by atoms with Crippen molar-refractivity contribution in [2.24, 2.45) is 0 Å². The molecule has 18 heavy (non-hydrogen) atoms. The molecule has 102 valence electrons. The Morgan fingerprint density at radius 2 is 2.28 bits per heavy atom. The summed E-state index contributed by atoms with van der Waals surface area (Å²) < 4.78 is 0. The number of aliphatic carboxylic acids is 1. The van der Waals surface area contributed by atoms with Gasteiger partial charge in [0.05, 0.1) is 0 Å². The number of carboxylic acids is 1. The van der Waals surface area contributed by atoms with Crippen molar-refractivity contribution in [3.05, 3.63) is 22.4 Å². The van der Waals surface area contributed by atoms with E-state index in [4.69, 9.17) is 5.11 Å². The van der Waals surface area contributed by atoms with E-state index < -0.39 is 12.1 Å². The molecular formula is C13H21NO3S. The first-order valence-electron chi connectivity index (χ1n) is 6.23. The summed E-state index contributed by atoms with van der Waals surface area (Å²) in [6.45, 7) is 4.10. The maximum Gasteiger partial charge on any atom is 0.303 e. The van der Waals surface area contributed by atoms with Crippen molar-refractivity contribution in [2.75, 3.05) is 0 Å². The van der Waals surface area contributed by atoms with E-state index in [9.17, 15) is 9.90 Å². The molecule has 4 nitrogen and oxygen atoms in total. The highest BCUT2D eigenvalue weighted by Gasteiger charge is 2.23. The minimum atomic E-state index is -0.829. The Morgan fingerprint density at radius 1 is 1.56 bits per heavy atom. The molecule has 1 heterocycles. The van der Waals surface area contributed by atoms with Crippen LogP contribution in [0.4, 0.5) is 0 Å². The fourth-order valence-electron chi connectivity index (χ4n) is 1.75. The van der Waals surface area contributed by atoms with E-state index in [1.54, 1.807) is 0 Å². The minimum Gasteiger partial charge on any atom is -0.481 e. The lowest BCUT2D eigenvalue weighted by Gasteiger charge is -2.26. The first-order valence-corrected chi connectivity index (χ1v) is 7.11. The molecule has 5 heteroatoms. The summed E-state index contributed by atoms with van der Waals surface area (Å²) in [6, 6.07) is 3.82. The predicted octanol–water partition coefficient (Wildman–Crippen LogP) is 2.40. The van der Waals surface area contributed by atoms with Crippen LogP contribution in [0.3, 0.4) is 0 Å². The summed E-state index contributed by atoms with van der Waals surface area (Å²) >= 11 is 1.49. The van der Waals surface area contributed by atoms with Crippen LogP contribution in [-0.2, 0) is 4.79 Å². The van der Waals surface area contributed by atoms with E-state index in [2.05, 4.69) is 12.2 Å². The van der Waals surface area contributed by atoms with Crippen molar-refractivity contribution in [3.63, 3.8) is 0 Å². The molecular weight excluding hydrogens is 250 g/mol. The zero-order valence-corrected chi connectivity index (χ0v) is 11.6. The van der Waals surface area contributed by atoms with Crippen LogP contribution in [0.15, 0.2) is 17.5 Å². The molecule has 3 N–H and O–H groups in total. The van der Waals surface area contributed by atoms with Crippen LogP contribution in [-0.4, -0.2) is 28.3 Å². The average Bonchev–Trinajstić information content (AvgIpc) is 2.86. The van der Waals surface area contributed by atoms with Gasteiger partial charge < -0.3 is 15.5 Å². The summed E-state index contributed by atoms with van der Waals surface area (Å²) in [5.41, 5.74) is 0. The van der Waals surface area contributed by atoms with Gasteiger partial charge in [-0.05, 0) is 31.2 Å². The zero-order chi connectivity index (χ0) is 13.5. The van der Waals surface area contributed by atoms with Gasteiger partial charge in [-0.2, -0.15) is 0 Å². The van der Waals surface area contributed by atoms with Crippen LogP contribution in [0.25, 0.3) is 0 Å². The van der Waals surface area contributed by atoms with Gasteiger partial charge in [-0.15, -0.1) is 11.3 Å². The van der Waals surface area contributed by atoms with Crippen LogP contribution in [0.5, 0.6) is 0 Å². The lowest BCUT2D eigenvalue weighted by molar-refractivity contribution is -0.137. The summed E-state index contributed by atoms with van der Waals surface area (Å²) in [4.78, 5) is 11.5. The molecule has 1 rings (SSSR count). The molecule has 0 fully saturated rings. The molecule has 0 saturated heterocycles. The SMILES string of the molecule is CCC(C)NC(CCC(=O)O)C(O)c1cccs1. The predicted molar refractivity (Wildman–Crippen MR) is 72.8 cm³/mol. The fraction of sp³-hybridized carbons (Fsp3) is 0.615. The van der Waals surface area contributed by atoms with Gasteiger partial charge in [-0.1, -0.05) is 13.0 Å². The van der Waals surface area contributed by atoms with Crippen molar-refractivity contribution in [3.8, 4) is 0 Å². The van der Waals surface area contributed by atoms with E-state index >= 15 is 0 Å². The molecule has 0 aliphatic rings. The van der Waals surface area contributed by atoms with E-state index in [0.29, 0.717) is 6.42 Å². The molecule has 1 aromatic rings. The number of rotatable bonds is 8. The Kier molecular flexibility index (Phi) is 6.32. The van der Waals surface area contributed by atoms with E-state index in [1.165, 1.54) is 11.3 Å². The van der Waals surface area contributed by atoms with Crippen LogP contribution in [0, 0.1) is 0 Å². The van der Waals surface area contributed by atoms with Crippen molar-refractivity contribution in [1.29, 1.82) is 0 Å². The van der Waals surface area contributed by atoms with Crippen LogP contribution in [0.2, 0.25) is 0 Å².